The van der Waals surface area contributed by atoms with Gasteiger partial charge in [0.2, 0.25) is 5.91 Å². The maximum atomic E-state index is 11.7. The van der Waals surface area contributed by atoms with Gasteiger partial charge in [-0.05, 0) is 18.6 Å². The molecular formula is C11H12N4O2. The molecule has 1 aromatic heterocycles. The lowest BCUT2D eigenvalue weighted by Crippen LogP contribution is -2.44. The van der Waals surface area contributed by atoms with Crippen molar-refractivity contribution in [2.24, 2.45) is 5.73 Å². The highest BCUT2D eigenvalue weighted by atomic mass is 16.2. The number of pyridine rings is 1. The standard InChI is InChI=1S/C11H12N4O2/c12-5-1-4-9(10(13)16)15-11(17)8-3-2-6-14-7-8/h2-3,6-7,9H,1,4H2,(H2,13,16)(H,15,17)/t9-/m1/s1. The average Bonchev–Trinajstić information content (AvgIpc) is 2.35. The number of nitrogens with one attached hydrogen (secondary N) is 1. The first-order chi connectivity index (χ1) is 8.15. The molecule has 6 heteroatoms. The molecule has 0 saturated carbocycles. The summed E-state index contributed by atoms with van der Waals surface area (Å²) in [5.74, 6) is -1.09. The second-order valence-electron chi connectivity index (χ2n) is 3.37. The van der Waals surface area contributed by atoms with Crippen molar-refractivity contribution in [1.29, 1.82) is 5.26 Å². The number of hydrogen-bond acceptors (Lipinski definition) is 4. The highest BCUT2D eigenvalue weighted by Crippen LogP contribution is 2.00. The van der Waals surface area contributed by atoms with E-state index in [1.165, 1.54) is 12.4 Å². The van der Waals surface area contributed by atoms with Crippen LogP contribution in [0.2, 0.25) is 0 Å². The zero-order valence-corrected chi connectivity index (χ0v) is 9.09. The smallest absolute Gasteiger partial charge is 0.253 e. The Balaban J connectivity index is 2.65. The van der Waals surface area contributed by atoms with E-state index in [1.54, 1.807) is 12.1 Å². The number of carbonyl (C=O) groups is 2. The molecule has 0 unspecified atom stereocenters. The van der Waals surface area contributed by atoms with Crippen LogP contribution < -0.4 is 11.1 Å². The summed E-state index contributed by atoms with van der Waals surface area (Å²) in [5, 5.41) is 10.9. The Labute approximate surface area is 98.4 Å². The zero-order valence-electron chi connectivity index (χ0n) is 9.09. The third kappa shape index (κ3) is 3.91. The highest BCUT2D eigenvalue weighted by molar-refractivity contribution is 5.96. The molecule has 2 amide bonds. The first kappa shape index (κ1) is 12.6. The minimum atomic E-state index is -0.831. The average molecular weight is 232 g/mol. The number of hydrogen-bond donors (Lipinski definition) is 2. The van der Waals surface area contributed by atoms with Crippen LogP contribution in [0, 0.1) is 11.3 Å². The fourth-order valence-electron chi connectivity index (χ4n) is 1.23. The van der Waals surface area contributed by atoms with Crippen molar-refractivity contribution in [2.45, 2.75) is 18.9 Å². The number of amides is 2. The van der Waals surface area contributed by atoms with Gasteiger partial charge in [-0.1, -0.05) is 0 Å². The number of nitrogens with two attached hydrogens (primary N) is 1. The molecule has 1 rings (SSSR count). The molecule has 0 spiro atoms. The Kier molecular flexibility index (Phi) is 4.63. The SMILES string of the molecule is N#CCC[C@@H](NC(=O)c1cccnc1)C(N)=O. The van der Waals surface area contributed by atoms with Crippen LogP contribution in [-0.4, -0.2) is 22.8 Å². The van der Waals surface area contributed by atoms with Crippen LogP contribution >= 0.6 is 0 Å². The molecule has 0 aliphatic heterocycles. The fourth-order valence-corrected chi connectivity index (χ4v) is 1.23. The number of nitriles is 1. The van der Waals surface area contributed by atoms with Crippen molar-refractivity contribution >= 4 is 11.8 Å². The molecule has 0 aliphatic carbocycles. The summed E-state index contributed by atoms with van der Waals surface area (Å²) in [7, 11) is 0. The van der Waals surface area contributed by atoms with Crippen molar-refractivity contribution in [3.8, 4) is 6.07 Å². The van der Waals surface area contributed by atoms with Gasteiger partial charge in [-0.2, -0.15) is 5.26 Å². The van der Waals surface area contributed by atoms with Crippen LogP contribution in [0.4, 0.5) is 0 Å². The van der Waals surface area contributed by atoms with E-state index in [0.29, 0.717) is 5.56 Å². The molecule has 1 atom stereocenters. The molecular weight excluding hydrogens is 220 g/mol. The van der Waals surface area contributed by atoms with Gasteiger partial charge in [-0.3, -0.25) is 14.6 Å². The second-order valence-corrected chi connectivity index (χ2v) is 3.37. The second kappa shape index (κ2) is 6.23. The Morgan fingerprint density at radius 3 is 2.88 bits per heavy atom. The van der Waals surface area contributed by atoms with Gasteiger partial charge in [-0.15, -0.1) is 0 Å². The minimum Gasteiger partial charge on any atom is -0.368 e. The Hall–Kier alpha value is -2.42. The maximum absolute atomic E-state index is 11.7. The van der Waals surface area contributed by atoms with E-state index in [2.05, 4.69) is 10.3 Å². The van der Waals surface area contributed by atoms with Gasteiger partial charge >= 0.3 is 0 Å². The molecule has 1 heterocycles. The van der Waals surface area contributed by atoms with Crippen LogP contribution in [0.1, 0.15) is 23.2 Å². The first-order valence-corrected chi connectivity index (χ1v) is 5.02. The van der Waals surface area contributed by atoms with E-state index in [9.17, 15) is 9.59 Å². The summed E-state index contributed by atoms with van der Waals surface area (Å²) >= 11 is 0. The summed E-state index contributed by atoms with van der Waals surface area (Å²) in [6.45, 7) is 0. The summed E-state index contributed by atoms with van der Waals surface area (Å²) in [4.78, 5) is 26.5. The Morgan fingerprint density at radius 2 is 2.35 bits per heavy atom. The predicted molar refractivity (Wildman–Crippen MR) is 59.5 cm³/mol. The molecule has 6 nitrogen and oxygen atoms in total. The van der Waals surface area contributed by atoms with Crippen molar-refractivity contribution in [1.82, 2.24) is 10.3 Å². The molecule has 0 saturated heterocycles. The molecule has 0 aromatic carbocycles. The highest BCUT2D eigenvalue weighted by Gasteiger charge is 2.18. The largest absolute Gasteiger partial charge is 0.368 e. The summed E-state index contributed by atoms with van der Waals surface area (Å²) < 4.78 is 0. The van der Waals surface area contributed by atoms with Gasteiger partial charge < -0.3 is 11.1 Å². The van der Waals surface area contributed by atoms with E-state index in [4.69, 9.17) is 11.0 Å². The lowest BCUT2D eigenvalue weighted by Gasteiger charge is -2.13. The van der Waals surface area contributed by atoms with Crippen molar-refractivity contribution in [2.75, 3.05) is 0 Å². The third-order valence-electron chi connectivity index (χ3n) is 2.12. The quantitative estimate of drug-likeness (QED) is 0.742. The summed E-state index contributed by atoms with van der Waals surface area (Å²) in [6, 6.07) is 4.25. The lowest BCUT2D eigenvalue weighted by atomic mass is 10.1. The molecule has 3 N–H and O–H groups in total. The van der Waals surface area contributed by atoms with Crippen LogP contribution in [0.5, 0.6) is 0 Å². The first-order valence-electron chi connectivity index (χ1n) is 5.02. The molecule has 1 aromatic rings. The van der Waals surface area contributed by atoms with Crippen molar-refractivity contribution in [3.05, 3.63) is 30.1 Å². The van der Waals surface area contributed by atoms with Gasteiger partial charge in [0.15, 0.2) is 0 Å². The minimum absolute atomic E-state index is 0.154. The fraction of sp³-hybridized carbons (Fsp3) is 0.273. The van der Waals surface area contributed by atoms with E-state index in [-0.39, 0.29) is 12.8 Å². The van der Waals surface area contributed by atoms with Crippen molar-refractivity contribution < 1.29 is 9.59 Å². The van der Waals surface area contributed by atoms with E-state index in [1.807, 2.05) is 6.07 Å². The topological polar surface area (TPSA) is 109 Å². The normalized spacial score (nSPS) is 11.2. The molecule has 0 fully saturated rings. The van der Waals surface area contributed by atoms with Gasteiger partial charge in [0, 0.05) is 18.8 Å². The summed E-state index contributed by atoms with van der Waals surface area (Å²) in [5.41, 5.74) is 5.47. The lowest BCUT2D eigenvalue weighted by molar-refractivity contribution is -0.119. The van der Waals surface area contributed by atoms with E-state index in [0.717, 1.165) is 0 Å². The predicted octanol–water partition coefficient (Wildman–Crippen LogP) is -0.0309. The monoisotopic (exact) mass is 232 g/mol. The molecule has 0 aliphatic rings. The number of carbonyl (C=O) groups excluding carboxylic acids is 2. The van der Waals surface area contributed by atoms with Crippen LogP contribution in [0.25, 0.3) is 0 Å². The van der Waals surface area contributed by atoms with Crippen LogP contribution in [0.15, 0.2) is 24.5 Å². The Morgan fingerprint density at radius 1 is 1.59 bits per heavy atom. The summed E-state index contributed by atoms with van der Waals surface area (Å²) in [6.07, 6.45) is 3.29. The van der Waals surface area contributed by atoms with Gasteiger partial charge in [0.05, 0.1) is 11.6 Å². The van der Waals surface area contributed by atoms with Gasteiger partial charge in [0.25, 0.3) is 5.91 Å². The number of rotatable bonds is 5. The molecule has 17 heavy (non-hydrogen) atoms. The van der Waals surface area contributed by atoms with Crippen LogP contribution in [0.3, 0.4) is 0 Å². The van der Waals surface area contributed by atoms with E-state index >= 15 is 0 Å². The zero-order chi connectivity index (χ0) is 12.7. The molecule has 0 bridgehead atoms. The van der Waals surface area contributed by atoms with Crippen molar-refractivity contribution in [3.63, 3.8) is 0 Å². The third-order valence-corrected chi connectivity index (χ3v) is 2.12. The Bertz CT molecular complexity index is 439. The molecule has 0 radical (unpaired) electrons. The van der Waals surface area contributed by atoms with Gasteiger partial charge in [0.1, 0.15) is 6.04 Å². The van der Waals surface area contributed by atoms with E-state index < -0.39 is 17.9 Å². The molecule has 88 valence electrons. The number of primary amides is 1. The van der Waals surface area contributed by atoms with Crippen LogP contribution in [-0.2, 0) is 4.79 Å². The van der Waals surface area contributed by atoms with Gasteiger partial charge in [-0.25, -0.2) is 0 Å². The maximum Gasteiger partial charge on any atom is 0.253 e. The number of nitrogens with zero attached hydrogens (tertiary/aromatic N) is 2. The number of aromatic nitrogens is 1.